The molecule has 4 rings (SSSR count). The quantitative estimate of drug-likeness (QED) is 0.634. The summed E-state index contributed by atoms with van der Waals surface area (Å²) in [5.74, 6) is 0.0496. The Morgan fingerprint density at radius 1 is 1.24 bits per heavy atom. The zero-order chi connectivity index (χ0) is 20.2. The molecule has 1 unspecified atom stereocenters. The zero-order valence-electron chi connectivity index (χ0n) is 16.3. The summed E-state index contributed by atoms with van der Waals surface area (Å²) in [5, 5.41) is 3.93. The SMILES string of the molecule is COCCNC(=O)c1sc2ncccc2c1C1CCN(C(=O)c2ccccc2)C1. The highest BCUT2D eigenvalue weighted by molar-refractivity contribution is 7.20. The summed E-state index contributed by atoms with van der Waals surface area (Å²) in [6.45, 7) is 2.21. The van der Waals surface area contributed by atoms with Crippen molar-refractivity contribution in [3.05, 3.63) is 64.7 Å². The zero-order valence-corrected chi connectivity index (χ0v) is 17.1. The highest BCUT2D eigenvalue weighted by Crippen LogP contribution is 2.39. The Morgan fingerprint density at radius 3 is 2.86 bits per heavy atom. The van der Waals surface area contributed by atoms with Crippen LogP contribution in [0.5, 0.6) is 0 Å². The first-order valence-corrected chi connectivity index (χ1v) is 10.5. The molecule has 1 N–H and O–H groups in total. The molecule has 0 radical (unpaired) electrons. The number of fused-ring (bicyclic) bond motifs is 1. The van der Waals surface area contributed by atoms with Crippen LogP contribution in [0.1, 0.15) is 37.9 Å². The molecule has 1 fully saturated rings. The van der Waals surface area contributed by atoms with Crippen molar-refractivity contribution in [1.29, 1.82) is 0 Å². The molecule has 1 aromatic carbocycles. The van der Waals surface area contributed by atoms with Crippen LogP contribution in [0, 0.1) is 0 Å². The number of nitrogens with one attached hydrogen (secondary N) is 1. The number of ether oxygens (including phenoxy) is 1. The average Bonchev–Trinajstić information content (AvgIpc) is 3.38. The maximum Gasteiger partial charge on any atom is 0.261 e. The van der Waals surface area contributed by atoms with Crippen LogP contribution < -0.4 is 5.32 Å². The Kier molecular flexibility index (Phi) is 5.87. The molecule has 7 heteroatoms. The van der Waals surface area contributed by atoms with Gasteiger partial charge in [-0.1, -0.05) is 24.3 Å². The summed E-state index contributed by atoms with van der Waals surface area (Å²) in [6, 6.07) is 13.3. The van der Waals surface area contributed by atoms with Crippen LogP contribution in [0.2, 0.25) is 0 Å². The number of pyridine rings is 1. The van der Waals surface area contributed by atoms with Crippen LogP contribution in [0.3, 0.4) is 0 Å². The summed E-state index contributed by atoms with van der Waals surface area (Å²) < 4.78 is 5.03. The molecule has 0 spiro atoms. The van der Waals surface area contributed by atoms with Gasteiger partial charge in [0.25, 0.3) is 11.8 Å². The Labute approximate surface area is 173 Å². The van der Waals surface area contributed by atoms with Crippen molar-refractivity contribution in [3.8, 4) is 0 Å². The summed E-state index contributed by atoms with van der Waals surface area (Å²) in [5.41, 5.74) is 1.71. The van der Waals surface area contributed by atoms with Gasteiger partial charge >= 0.3 is 0 Å². The number of thiophene rings is 1. The van der Waals surface area contributed by atoms with Crippen molar-refractivity contribution in [1.82, 2.24) is 15.2 Å². The molecule has 1 atom stereocenters. The molecular formula is C22H23N3O3S. The van der Waals surface area contributed by atoms with Crippen LogP contribution in [0.4, 0.5) is 0 Å². The second-order valence-electron chi connectivity index (χ2n) is 7.05. The van der Waals surface area contributed by atoms with E-state index in [1.54, 1.807) is 13.3 Å². The monoisotopic (exact) mass is 409 g/mol. The van der Waals surface area contributed by atoms with Crippen molar-refractivity contribution in [2.24, 2.45) is 0 Å². The smallest absolute Gasteiger partial charge is 0.261 e. The minimum absolute atomic E-state index is 0.0388. The molecule has 0 aliphatic carbocycles. The maximum atomic E-state index is 12.8. The Balaban J connectivity index is 1.61. The number of hydrogen-bond donors (Lipinski definition) is 1. The fraction of sp³-hybridized carbons (Fsp3) is 0.318. The number of carbonyl (C=O) groups excluding carboxylic acids is 2. The third kappa shape index (κ3) is 4.02. The van der Waals surface area contributed by atoms with Crippen LogP contribution in [0.25, 0.3) is 10.2 Å². The topological polar surface area (TPSA) is 71.5 Å². The molecule has 150 valence electrons. The van der Waals surface area contributed by atoms with Crippen LogP contribution in [-0.4, -0.2) is 55.0 Å². The maximum absolute atomic E-state index is 12.8. The van der Waals surface area contributed by atoms with E-state index in [9.17, 15) is 9.59 Å². The predicted molar refractivity (Wildman–Crippen MR) is 114 cm³/mol. The molecular weight excluding hydrogens is 386 g/mol. The van der Waals surface area contributed by atoms with Gasteiger partial charge in [0.2, 0.25) is 0 Å². The highest BCUT2D eigenvalue weighted by Gasteiger charge is 2.33. The molecule has 1 saturated heterocycles. The number of rotatable bonds is 6. The number of likely N-dealkylation sites (tertiary alicyclic amines) is 1. The van der Waals surface area contributed by atoms with Crippen LogP contribution in [0.15, 0.2) is 48.7 Å². The van der Waals surface area contributed by atoms with E-state index >= 15 is 0 Å². The van der Waals surface area contributed by atoms with E-state index < -0.39 is 0 Å². The average molecular weight is 410 g/mol. The standard InChI is InChI=1S/C22H23N3O3S/c1-28-13-11-23-20(26)19-18(17-8-5-10-24-21(17)29-19)16-9-12-25(14-16)22(27)15-6-3-2-4-7-15/h2-8,10,16H,9,11-14H2,1H3,(H,23,26). The van der Waals surface area contributed by atoms with E-state index in [1.165, 1.54) is 11.3 Å². The number of amides is 2. The normalized spacial score (nSPS) is 16.3. The predicted octanol–water partition coefficient (Wildman–Crippen LogP) is 3.30. The highest BCUT2D eigenvalue weighted by atomic mass is 32.1. The van der Waals surface area contributed by atoms with Crippen molar-refractivity contribution in [2.75, 3.05) is 33.4 Å². The molecule has 29 heavy (non-hydrogen) atoms. The fourth-order valence-corrected chi connectivity index (χ4v) is 4.96. The van der Waals surface area contributed by atoms with E-state index in [1.807, 2.05) is 47.4 Å². The van der Waals surface area contributed by atoms with E-state index in [0.717, 1.165) is 22.2 Å². The lowest BCUT2D eigenvalue weighted by molar-refractivity contribution is 0.0790. The lowest BCUT2D eigenvalue weighted by atomic mass is 9.95. The van der Waals surface area contributed by atoms with Crippen molar-refractivity contribution >= 4 is 33.4 Å². The number of nitrogens with zero attached hydrogens (tertiary/aromatic N) is 2. The van der Waals surface area contributed by atoms with Gasteiger partial charge in [-0.05, 0) is 30.2 Å². The Hall–Kier alpha value is -2.77. The third-order valence-corrected chi connectivity index (χ3v) is 6.34. The molecule has 6 nitrogen and oxygen atoms in total. The van der Waals surface area contributed by atoms with Gasteiger partial charge in [0.15, 0.2) is 0 Å². The number of methoxy groups -OCH3 is 1. The van der Waals surface area contributed by atoms with Gasteiger partial charge in [-0.3, -0.25) is 9.59 Å². The Bertz CT molecular complexity index is 1020. The summed E-state index contributed by atoms with van der Waals surface area (Å²) in [4.78, 5) is 33.6. The fourth-order valence-electron chi connectivity index (χ4n) is 3.82. The number of aromatic nitrogens is 1. The van der Waals surface area contributed by atoms with Crippen molar-refractivity contribution < 1.29 is 14.3 Å². The third-order valence-electron chi connectivity index (χ3n) is 5.21. The number of benzene rings is 1. The van der Waals surface area contributed by atoms with Crippen molar-refractivity contribution in [2.45, 2.75) is 12.3 Å². The number of hydrogen-bond acceptors (Lipinski definition) is 5. The van der Waals surface area contributed by atoms with Gasteiger partial charge in [-0.15, -0.1) is 11.3 Å². The first-order chi connectivity index (χ1) is 14.2. The van der Waals surface area contributed by atoms with E-state index in [2.05, 4.69) is 10.3 Å². The summed E-state index contributed by atoms with van der Waals surface area (Å²) in [7, 11) is 1.61. The summed E-state index contributed by atoms with van der Waals surface area (Å²) in [6.07, 6.45) is 2.58. The molecule has 2 aromatic heterocycles. The van der Waals surface area contributed by atoms with E-state index in [0.29, 0.717) is 36.7 Å². The molecule has 0 bridgehead atoms. The van der Waals surface area contributed by atoms with Gasteiger partial charge in [-0.25, -0.2) is 4.98 Å². The molecule has 1 aliphatic heterocycles. The van der Waals surface area contributed by atoms with Crippen LogP contribution >= 0.6 is 11.3 Å². The molecule has 3 aromatic rings. The number of carbonyl (C=O) groups is 2. The second kappa shape index (κ2) is 8.71. The first kappa shape index (κ1) is 19.5. The van der Waals surface area contributed by atoms with Gasteiger partial charge in [0.05, 0.1) is 11.5 Å². The Morgan fingerprint density at radius 2 is 2.07 bits per heavy atom. The molecule has 3 heterocycles. The van der Waals surface area contributed by atoms with Gasteiger partial charge in [0.1, 0.15) is 4.83 Å². The first-order valence-electron chi connectivity index (χ1n) is 9.68. The minimum Gasteiger partial charge on any atom is -0.383 e. The van der Waals surface area contributed by atoms with E-state index in [-0.39, 0.29) is 17.7 Å². The lowest BCUT2D eigenvalue weighted by Gasteiger charge is -2.17. The van der Waals surface area contributed by atoms with E-state index in [4.69, 9.17) is 4.74 Å². The van der Waals surface area contributed by atoms with Gasteiger partial charge in [-0.2, -0.15) is 0 Å². The van der Waals surface area contributed by atoms with Crippen LogP contribution in [-0.2, 0) is 4.74 Å². The largest absolute Gasteiger partial charge is 0.383 e. The second-order valence-corrected chi connectivity index (χ2v) is 8.05. The molecule has 2 amide bonds. The molecule has 0 saturated carbocycles. The van der Waals surface area contributed by atoms with Gasteiger partial charge < -0.3 is 15.0 Å². The van der Waals surface area contributed by atoms with Crippen molar-refractivity contribution in [3.63, 3.8) is 0 Å². The summed E-state index contributed by atoms with van der Waals surface area (Å²) >= 11 is 1.42. The molecule has 1 aliphatic rings. The minimum atomic E-state index is -0.104. The van der Waals surface area contributed by atoms with Gasteiger partial charge in [0, 0.05) is 49.8 Å². The lowest BCUT2D eigenvalue weighted by Crippen LogP contribution is -2.29.